The highest BCUT2D eigenvalue weighted by molar-refractivity contribution is 5.94. The van der Waals surface area contributed by atoms with E-state index in [1.807, 2.05) is 0 Å². The second-order valence-corrected chi connectivity index (χ2v) is 5.69. The second-order valence-electron chi connectivity index (χ2n) is 5.69. The summed E-state index contributed by atoms with van der Waals surface area (Å²) in [7, 11) is 0. The maximum absolute atomic E-state index is 12.1. The van der Waals surface area contributed by atoms with Crippen LogP contribution < -0.4 is 5.32 Å². The number of aryl methyl sites for hydroxylation is 1. The van der Waals surface area contributed by atoms with E-state index in [2.05, 4.69) is 15.2 Å². The lowest BCUT2D eigenvalue weighted by Gasteiger charge is -2.09. The van der Waals surface area contributed by atoms with Gasteiger partial charge in [0.1, 0.15) is 6.61 Å². The van der Waals surface area contributed by atoms with Gasteiger partial charge in [0.2, 0.25) is 0 Å². The van der Waals surface area contributed by atoms with Crippen LogP contribution in [0.2, 0.25) is 0 Å². The molecule has 0 bridgehead atoms. The number of nitro groups is 1. The Morgan fingerprint density at radius 3 is 2.74 bits per heavy atom. The van der Waals surface area contributed by atoms with Crippen LogP contribution in [-0.4, -0.2) is 39.9 Å². The fourth-order valence-electron chi connectivity index (χ4n) is 2.27. The van der Waals surface area contributed by atoms with E-state index in [1.165, 1.54) is 22.9 Å². The normalized spacial score (nSPS) is 11.4. The molecular formula is C16H17F3N4O4. The molecule has 0 saturated carbocycles. The highest BCUT2D eigenvalue weighted by Crippen LogP contribution is 2.16. The first-order valence-corrected chi connectivity index (χ1v) is 7.86. The van der Waals surface area contributed by atoms with Crippen molar-refractivity contribution in [1.29, 1.82) is 0 Å². The Morgan fingerprint density at radius 2 is 2.11 bits per heavy atom. The average Bonchev–Trinajstić information content (AvgIpc) is 2.95. The Kier molecular flexibility index (Phi) is 6.50. The molecule has 0 spiro atoms. The fourth-order valence-corrected chi connectivity index (χ4v) is 2.27. The summed E-state index contributed by atoms with van der Waals surface area (Å²) in [6.45, 7) is 0.439. The lowest BCUT2D eigenvalue weighted by Crippen LogP contribution is -2.27. The molecule has 0 radical (unpaired) electrons. The monoisotopic (exact) mass is 386 g/mol. The van der Waals surface area contributed by atoms with Crippen molar-refractivity contribution in [2.24, 2.45) is 0 Å². The van der Waals surface area contributed by atoms with E-state index in [1.54, 1.807) is 19.1 Å². The first-order chi connectivity index (χ1) is 12.7. The predicted octanol–water partition coefficient (Wildman–Crippen LogP) is 2.61. The quantitative estimate of drug-likeness (QED) is 0.555. The zero-order valence-electron chi connectivity index (χ0n) is 14.3. The van der Waals surface area contributed by atoms with Crippen molar-refractivity contribution in [1.82, 2.24) is 15.1 Å². The Balaban J connectivity index is 1.87. The van der Waals surface area contributed by atoms with Gasteiger partial charge in [-0.05, 0) is 29.5 Å². The van der Waals surface area contributed by atoms with Gasteiger partial charge in [-0.25, -0.2) is 0 Å². The largest absolute Gasteiger partial charge is 0.411 e. The minimum Gasteiger partial charge on any atom is -0.367 e. The zero-order valence-corrected chi connectivity index (χ0v) is 14.3. The second kappa shape index (κ2) is 8.62. The maximum atomic E-state index is 12.1. The van der Waals surface area contributed by atoms with Crippen molar-refractivity contribution < 1.29 is 27.6 Å². The summed E-state index contributed by atoms with van der Waals surface area (Å²) in [5, 5.41) is 17.1. The van der Waals surface area contributed by atoms with Crippen molar-refractivity contribution in [3.8, 4) is 0 Å². The van der Waals surface area contributed by atoms with Crippen LogP contribution in [0.4, 0.5) is 19.0 Å². The Hall–Kier alpha value is -2.95. The van der Waals surface area contributed by atoms with E-state index in [0.29, 0.717) is 11.3 Å². The number of ether oxygens (including phenoxy) is 1. The van der Waals surface area contributed by atoms with Gasteiger partial charge in [0, 0.05) is 12.1 Å². The third-order valence-corrected chi connectivity index (χ3v) is 3.49. The Labute approximate surface area is 152 Å². The molecule has 0 aliphatic heterocycles. The summed E-state index contributed by atoms with van der Waals surface area (Å²) in [5.41, 5.74) is 1.29. The van der Waals surface area contributed by atoms with Crippen LogP contribution in [0.5, 0.6) is 0 Å². The van der Waals surface area contributed by atoms with E-state index >= 15 is 0 Å². The van der Waals surface area contributed by atoms with Crippen molar-refractivity contribution >= 4 is 11.7 Å². The van der Waals surface area contributed by atoms with E-state index in [9.17, 15) is 28.1 Å². The zero-order chi connectivity index (χ0) is 20.0. The molecule has 27 heavy (non-hydrogen) atoms. The number of hydrogen-bond acceptors (Lipinski definition) is 5. The molecule has 8 nitrogen and oxygen atoms in total. The third kappa shape index (κ3) is 6.37. The highest BCUT2D eigenvalue weighted by atomic mass is 19.4. The van der Waals surface area contributed by atoms with Crippen LogP contribution in [0.25, 0.3) is 0 Å². The van der Waals surface area contributed by atoms with Gasteiger partial charge in [0.05, 0.1) is 30.0 Å². The summed E-state index contributed by atoms with van der Waals surface area (Å²) in [6, 6.07) is 7.39. The van der Waals surface area contributed by atoms with Crippen LogP contribution in [0.1, 0.15) is 21.6 Å². The van der Waals surface area contributed by atoms with Crippen molar-refractivity contribution in [3.05, 3.63) is 57.3 Å². The van der Waals surface area contributed by atoms with Crippen LogP contribution >= 0.6 is 0 Å². The molecule has 0 saturated heterocycles. The summed E-state index contributed by atoms with van der Waals surface area (Å²) in [4.78, 5) is 22.2. The molecule has 2 aromatic rings. The predicted molar refractivity (Wildman–Crippen MR) is 88.1 cm³/mol. The molecule has 146 valence electrons. The van der Waals surface area contributed by atoms with Gasteiger partial charge >= 0.3 is 12.0 Å². The van der Waals surface area contributed by atoms with Crippen LogP contribution in [0, 0.1) is 17.0 Å². The Bertz CT molecular complexity index is 820. The molecular weight excluding hydrogens is 369 g/mol. The molecule has 0 aliphatic rings. The number of hydrogen-bond donors (Lipinski definition) is 1. The fraction of sp³-hybridized carbons (Fsp3) is 0.375. The molecule has 2 rings (SSSR count). The highest BCUT2D eigenvalue weighted by Gasteiger charge is 2.27. The minimum atomic E-state index is -4.41. The smallest absolute Gasteiger partial charge is 0.367 e. The van der Waals surface area contributed by atoms with Gasteiger partial charge in [-0.2, -0.15) is 17.9 Å². The summed E-state index contributed by atoms with van der Waals surface area (Å²) >= 11 is 0. The molecule has 0 aliphatic carbocycles. The topological polar surface area (TPSA) is 99.3 Å². The van der Waals surface area contributed by atoms with E-state index in [0.717, 1.165) is 0 Å². The number of rotatable bonds is 8. The molecule has 1 heterocycles. The number of amides is 1. The van der Waals surface area contributed by atoms with E-state index in [4.69, 9.17) is 0 Å². The molecule has 1 aromatic carbocycles. The molecule has 0 fully saturated rings. The van der Waals surface area contributed by atoms with Crippen molar-refractivity contribution in [2.45, 2.75) is 26.3 Å². The number of halogens is 3. The number of nitrogens with one attached hydrogen (secondary N) is 1. The van der Waals surface area contributed by atoms with E-state index in [-0.39, 0.29) is 31.1 Å². The number of nitrogens with zero attached hydrogens (tertiary/aromatic N) is 3. The lowest BCUT2D eigenvalue weighted by atomic mass is 10.1. The Morgan fingerprint density at radius 1 is 1.37 bits per heavy atom. The molecule has 1 N–H and O–H groups in total. The van der Waals surface area contributed by atoms with Gasteiger partial charge in [0.15, 0.2) is 0 Å². The standard InChI is InChI=1S/C16H17F3N4O4/c1-11-7-14(23(25)26)21-22(11)6-5-20-15(24)13-4-2-3-12(8-13)9-27-10-16(17,18)19/h2-4,7-8H,5-6,9-10H2,1H3,(H,20,24). The molecule has 11 heteroatoms. The van der Waals surface area contributed by atoms with Gasteiger partial charge in [-0.3, -0.25) is 4.79 Å². The first kappa shape index (κ1) is 20.4. The lowest BCUT2D eigenvalue weighted by molar-refractivity contribution is -0.389. The summed E-state index contributed by atoms with van der Waals surface area (Å²) in [6.07, 6.45) is -4.41. The van der Waals surface area contributed by atoms with Crippen LogP contribution in [0.15, 0.2) is 30.3 Å². The maximum Gasteiger partial charge on any atom is 0.411 e. The molecule has 1 amide bonds. The number of carbonyl (C=O) groups is 1. The van der Waals surface area contributed by atoms with Crippen LogP contribution in [0.3, 0.4) is 0 Å². The van der Waals surface area contributed by atoms with Crippen molar-refractivity contribution in [3.63, 3.8) is 0 Å². The summed E-state index contributed by atoms with van der Waals surface area (Å²) < 4.78 is 42.2. The molecule has 1 aromatic heterocycles. The number of carbonyl (C=O) groups excluding carboxylic acids is 1. The number of benzene rings is 1. The van der Waals surface area contributed by atoms with Gasteiger partial charge in [0.25, 0.3) is 5.91 Å². The SMILES string of the molecule is Cc1cc([N+](=O)[O-])nn1CCNC(=O)c1cccc(COCC(F)(F)F)c1. The van der Waals surface area contributed by atoms with Crippen molar-refractivity contribution in [2.75, 3.05) is 13.2 Å². The van der Waals surface area contributed by atoms with Gasteiger partial charge < -0.3 is 20.2 Å². The average molecular weight is 386 g/mol. The molecule has 0 unspecified atom stereocenters. The third-order valence-electron chi connectivity index (χ3n) is 3.49. The minimum absolute atomic E-state index is 0.174. The van der Waals surface area contributed by atoms with Gasteiger partial charge in [-0.1, -0.05) is 12.1 Å². The number of aromatic nitrogens is 2. The summed E-state index contributed by atoms with van der Waals surface area (Å²) in [5.74, 6) is -0.697. The molecule has 0 atom stereocenters. The number of alkyl halides is 3. The van der Waals surface area contributed by atoms with Crippen LogP contribution in [-0.2, 0) is 17.9 Å². The van der Waals surface area contributed by atoms with E-state index < -0.39 is 23.6 Å². The van der Waals surface area contributed by atoms with Gasteiger partial charge in [-0.15, -0.1) is 0 Å². The first-order valence-electron chi connectivity index (χ1n) is 7.86.